The van der Waals surface area contributed by atoms with E-state index in [4.69, 9.17) is 9.84 Å². The number of carbonyl (C=O) groups is 2. The van der Waals surface area contributed by atoms with Crippen LogP contribution in [0.15, 0.2) is 24.3 Å². The van der Waals surface area contributed by atoms with Crippen LogP contribution in [-0.4, -0.2) is 23.2 Å². The highest BCUT2D eigenvalue weighted by atomic mass is 16.5. The number of benzene rings is 1. The molecule has 0 spiro atoms. The third kappa shape index (κ3) is 2.35. The van der Waals surface area contributed by atoms with Crippen LogP contribution in [0.3, 0.4) is 0 Å². The van der Waals surface area contributed by atoms with Crippen LogP contribution in [0.5, 0.6) is 5.75 Å². The number of carboxylic acid groups (broad SMARTS) is 1. The van der Waals surface area contributed by atoms with Gasteiger partial charge in [0.25, 0.3) is 0 Å². The highest BCUT2D eigenvalue weighted by molar-refractivity contribution is 5.89. The fourth-order valence-corrected chi connectivity index (χ4v) is 2.58. The molecule has 20 heavy (non-hydrogen) atoms. The minimum absolute atomic E-state index is 0.00298. The van der Waals surface area contributed by atoms with Gasteiger partial charge in [0.05, 0.1) is 6.42 Å². The third-order valence-electron chi connectivity index (χ3n) is 4.04. The number of amides is 1. The molecule has 1 amide bonds. The maximum Gasteiger partial charge on any atom is 0.307 e. The smallest absolute Gasteiger partial charge is 0.307 e. The summed E-state index contributed by atoms with van der Waals surface area (Å²) >= 11 is 0. The van der Waals surface area contributed by atoms with Crippen molar-refractivity contribution in [2.75, 3.05) is 0 Å². The van der Waals surface area contributed by atoms with Crippen LogP contribution in [0.1, 0.15) is 32.3 Å². The molecular weight excluding hydrogens is 258 g/mol. The van der Waals surface area contributed by atoms with Crippen LogP contribution in [-0.2, 0) is 16.0 Å². The molecule has 1 saturated heterocycles. The number of rotatable bonds is 6. The van der Waals surface area contributed by atoms with E-state index in [0.717, 1.165) is 0 Å². The Morgan fingerprint density at radius 2 is 2.00 bits per heavy atom. The van der Waals surface area contributed by atoms with Gasteiger partial charge in [-0.05, 0) is 18.9 Å². The summed E-state index contributed by atoms with van der Waals surface area (Å²) in [6, 6.07) is 7.03. The van der Waals surface area contributed by atoms with Gasteiger partial charge in [-0.25, -0.2) is 0 Å². The van der Waals surface area contributed by atoms with E-state index in [2.05, 4.69) is 5.32 Å². The monoisotopic (exact) mass is 277 g/mol. The summed E-state index contributed by atoms with van der Waals surface area (Å²) in [6.07, 6.45) is 0.907. The van der Waals surface area contributed by atoms with Crippen LogP contribution < -0.4 is 10.1 Å². The number of hydrogen-bond donors (Lipinski definition) is 2. The first-order valence-corrected chi connectivity index (χ1v) is 6.80. The summed E-state index contributed by atoms with van der Waals surface area (Å²) in [4.78, 5) is 22.6. The van der Waals surface area contributed by atoms with Gasteiger partial charge in [-0.2, -0.15) is 0 Å². The molecule has 1 atom stereocenters. The molecule has 108 valence electrons. The second-order valence-electron chi connectivity index (χ2n) is 5.01. The molecule has 1 fully saturated rings. The number of nitrogens with one attached hydrogen (secondary N) is 1. The minimum atomic E-state index is -0.907. The summed E-state index contributed by atoms with van der Waals surface area (Å²) in [5.41, 5.74) is 0.110. The van der Waals surface area contributed by atoms with E-state index in [9.17, 15) is 9.59 Å². The molecule has 2 N–H and O–H groups in total. The Morgan fingerprint density at radius 3 is 2.55 bits per heavy atom. The first-order chi connectivity index (χ1) is 9.53. The Labute approximate surface area is 117 Å². The normalized spacial score (nSPS) is 19.9. The number of ether oxygens (including phenoxy) is 1. The van der Waals surface area contributed by atoms with Crippen molar-refractivity contribution in [1.82, 2.24) is 5.32 Å². The Morgan fingerprint density at radius 1 is 1.35 bits per heavy atom. The van der Waals surface area contributed by atoms with E-state index in [1.54, 1.807) is 24.3 Å². The van der Waals surface area contributed by atoms with Crippen molar-refractivity contribution in [2.24, 2.45) is 5.41 Å². The third-order valence-corrected chi connectivity index (χ3v) is 4.04. The molecule has 0 aromatic heterocycles. The lowest BCUT2D eigenvalue weighted by Crippen LogP contribution is -2.69. The molecule has 0 saturated carbocycles. The molecule has 1 unspecified atom stereocenters. The Balaban J connectivity index is 2.19. The van der Waals surface area contributed by atoms with Crippen LogP contribution in [0, 0.1) is 5.41 Å². The van der Waals surface area contributed by atoms with E-state index in [0.29, 0.717) is 24.2 Å². The van der Waals surface area contributed by atoms with E-state index < -0.39 is 11.4 Å². The van der Waals surface area contributed by atoms with Crippen molar-refractivity contribution < 1.29 is 19.4 Å². The van der Waals surface area contributed by atoms with Gasteiger partial charge in [0.1, 0.15) is 11.2 Å². The van der Waals surface area contributed by atoms with Crippen LogP contribution in [0.2, 0.25) is 0 Å². The fraction of sp³-hybridized carbons (Fsp3) is 0.467. The standard InChI is InChI=1S/C15H19NO4/c1-3-15(4-2)13(19)16-14(15)20-11-8-6-5-7-10(11)9-12(17)18/h5-8,14H,3-4,9H2,1-2H3,(H,16,19)(H,17,18). The fourth-order valence-electron chi connectivity index (χ4n) is 2.58. The highest BCUT2D eigenvalue weighted by Crippen LogP contribution is 2.39. The van der Waals surface area contributed by atoms with Crippen molar-refractivity contribution in [3.63, 3.8) is 0 Å². The van der Waals surface area contributed by atoms with E-state index in [1.165, 1.54) is 0 Å². The SMILES string of the molecule is CCC1(CC)C(=O)NC1Oc1ccccc1CC(=O)O. The van der Waals surface area contributed by atoms with Crippen LogP contribution in [0.4, 0.5) is 0 Å². The Hall–Kier alpha value is -2.04. The first kappa shape index (κ1) is 14.4. The molecule has 1 aromatic carbocycles. The highest BCUT2D eigenvalue weighted by Gasteiger charge is 2.54. The van der Waals surface area contributed by atoms with Gasteiger partial charge in [0, 0.05) is 5.56 Å². The molecule has 1 aromatic rings. The molecule has 0 bridgehead atoms. The average molecular weight is 277 g/mol. The Kier molecular flexibility index (Phi) is 3.97. The van der Waals surface area contributed by atoms with Crippen molar-refractivity contribution in [3.8, 4) is 5.75 Å². The number of β-lactam (4-membered cyclic amide) rings is 1. The Bertz CT molecular complexity index is 522. The van der Waals surface area contributed by atoms with Gasteiger partial charge < -0.3 is 15.2 Å². The zero-order valence-electron chi connectivity index (χ0n) is 11.7. The largest absolute Gasteiger partial charge is 0.481 e. The zero-order chi connectivity index (χ0) is 14.8. The van der Waals surface area contributed by atoms with Crippen molar-refractivity contribution >= 4 is 11.9 Å². The van der Waals surface area contributed by atoms with Gasteiger partial charge in [-0.15, -0.1) is 0 Å². The number of para-hydroxylation sites is 1. The lowest BCUT2D eigenvalue weighted by atomic mass is 9.73. The quantitative estimate of drug-likeness (QED) is 0.779. The molecule has 5 nitrogen and oxygen atoms in total. The van der Waals surface area contributed by atoms with E-state index in [-0.39, 0.29) is 18.6 Å². The second-order valence-corrected chi connectivity index (χ2v) is 5.01. The maximum atomic E-state index is 11.8. The number of carbonyl (C=O) groups excluding carboxylic acids is 1. The second kappa shape index (κ2) is 5.53. The van der Waals surface area contributed by atoms with E-state index >= 15 is 0 Å². The average Bonchev–Trinajstić information content (AvgIpc) is 2.41. The lowest BCUT2D eigenvalue weighted by molar-refractivity contribution is -0.162. The molecule has 5 heteroatoms. The number of carboxylic acids is 1. The first-order valence-electron chi connectivity index (χ1n) is 6.80. The molecule has 1 heterocycles. The van der Waals surface area contributed by atoms with Gasteiger partial charge in [0.15, 0.2) is 6.23 Å². The predicted molar refractivity (Wildman–Crippen MR) is 73.4 cm³/mol. The molecule has 0 radical (unpaired) electrons. The minimum Gasteiger partial charge on any atom is -0.481 e. The van der Waals surface area contributed by atoms with Gasteiger partial charge in [0.2, 0.25) is 5.91 Å². The van der Waals surface area contributed by atoms with Gasteiger partial charge in [-0.1, -0.05) is 32.0 Å². The molecule has 2 rings (SSSR count). The van der Waals surface area contributed by atoms with E-state index in [1.807, 2.05) is 13.8 Å². The zero-order valence-corrected chi connectivity index (χ0v) is 11.7. The number of hydrogen-bond acceptors (Lipinski definition) is 3. The number of aliphatic carboxylic acids is 1. The summed E-state index contributed by atoms with van der Waals surface area (Å²) < 4.78 is 5.86. The van der Waals surface area contributed by atoms with Crippen molar-refractivity contribution in [1.29, 1.82) is 0 Å². The van der Waals surface area contributed by atoms with Crippen molar-refractivity contribution in [2.45, 2.75) is 39.3 Å². The molecule has 1 aliphatic heterocycles. The van der Waals surface area contributed by atoms with Crippen LogP contribution in [0.25, 0.3) is 0 Å². The summed E-state index contributed by atoms with van der Waals surface area (Å²) in [5, 5.41) is 11.7. The predicted octanol–water partition coefficient (Wildman–Crippen LogP) is 1.95. The molecular formula is C15H19NO4. The summed E-state index contributed by atoms with van der Waals surface area (Å²) in [6.45, 7) is 3.92. The summed E-state index contributed by atoms with van der Waals surface area (Å²) in [5.74, 6) is -0.384. The van der Waals surface area contributed by atoms with Gasteiger partial charge in [-0.3, -0.25) is 9.59 Å². The lowest BCUT2D eigenvalue weighted by Gasteiger charge is -2.47. The summed E-state index contributed by atoms with van der Waals surface area (Å²) in [7, 11) is 0. The maximum absolute atomic E-state index is 11.8. The van der Waals surface area contributed by atoms with Gasteiger partial charge >= 0.3 is 5.97 Å². The molecule has 1 aliphatic rings. The molecule has 0 aliphatic carbocycles. The van der Waals surface area contributed by atoms with Crippen LogP contribution >= 0.6 is 0 Å². The topological polar surface area (TPSA) is 75.6 Å². The van der Waals surface area contributed by atoms with Crippen molar-refractivity contribution in [3.05, 3.63) is 29.8 Å².